The first-order valence-electron chi connectivity index (χ1n) is 5.20. The van der Waals surface area contributed by atoms with Crippen LogP contribution in [0.2, 0.25) is 0 Å². The fraction of sp³-hybridized carbons (Fsp3) is 0.667. The van der Waals surface area contributed by atoms with Gasteiger partial charge in [0, 0.05) is 0 Å². The molecule has 0 fully saturated rings. The molecule has 0 aliphatic carbocycles. The molecule has 1 aromatic rings. The van der Waals surface area contributed by atoms with Crippen molar-refractivity contribution in [3.8, 4) is 0 Å². The highest BCUT2D eigenvalue weighted by atomic mass is 32.2. The van der Waals surface area contributed by atoms with Crippen molar-refractivity contribution in [3.63, 3.8) is 0 Å². The number of rotatable bonds is 6. The third-order valence-corrected chi connectivity index (χ3v) is 4.43. The van der Waals surface area contributed by atoms with E-state index in [2.05, 4.69) is 14.9 Å². The van der Waals surface area contributed by atoms with E-state index < -0.39 is 35.4 Å². The molecule has 0 radical (unpaired) electrons. The van der Waals surface area contributed by atoms with Crippen LogP contribution in [0, 0.1) is 13.8 Å². The van der Waals surface area contributed by atoms with Gasteiger partial charge in [-0.3, -0.25) is 5.10 Å². The van der Waals surface area contributed by atoms with E-state index >= 15 is 0 Å². The van der Waals surface area contributed by atoms with Gasteiger partial charge < -0.3 is 15.3 Å². The first kappa shape index (κ1) is 15.1. The predicted molar refractivity (Wildman–Crippen MR) is 62.4 cm³/mol. The molecule has 0 saturated carbocycles. The highest BCUT2D eigenvalue weighted by Crippen LogP contribution is 2.18. The summed E-state index contributed by atoms with van der Waals surface area (Å²) < 4.78 is 26.3. The molecule has 0 saturated heterocycles. The number of aryl methyl sites for hydroxylation is 2. The van der Waals surface area contributed by atoms with Crippen molar-refractivity contribution in [3.05, 3.63) is 11.4 Å². The van der Waals surface area contributed by atoms with Gasteiger partial charge in [-0.05, 0) is 13.8 Å². The Balaban J connectivity index is 3.17. The van der Waals surface area contributed by atoms with Crippen LogP contribution in [-0.2, 0) is 10.0 Å². The van der Waals surface area contributed by atoms with Crippen molar-refractivity contribution in [2.24, 2.45) is 0 Å². The average Bonchev–Trinajstić information content (AvgIpc) is 2.67. The number of H-pyrrole nitrogens is 1. The van der Waals surface area contributed by atoms with Gasteiger partial charge in [0.15, 0.2) is 0 Å². The second kappa shape index (κ2) is 5.33. The van der Waals surface area contributed by atoms with Crippen molar-refractivity contribution < 1.29 is 23.7 Å². The fourth-order valence-corrected chi connectivity index (χ4v) is 3.27. The monoisotopic (exact) mass is 279 g/mol. The Morgan fingerprint density at radius 2 is 1.72 bits per heavy atom. The third-order valence-electron chi connectivity index (χ3n) is 2.59. The van der Waals surface area contributed by atoms with Crippen LogP contribution in [0.4, 0.5) is 0 Å². The predicted octanol–water partition coefficient (Wildman–Crippen LogP) is -1.98. The normalized spacial score (nSPS) is 12.9. The zero-order chi connectivity index (χ0) is 14.0. The van der Waals surface area contributed by atoms with Crippen LogP contribution in [-0.4, -0.2) is 59.3 Å². The van der Waals surface area contributed by atoms with Crippen LogP contribution in [0.25, 0.3) is 0 Å². The minimum absolute atomic E-state index is 0.0535. The fourth-order valence-electron chi connectivity index (χ4n) is 1.52. The molecule has 0 atom stereocenters. The van der Waals surface area contributed by atoms with E-state index in [0.717, 1.165) is 0 Å². The van der Waals surface area contributed by atoms with Crippen LogP contribution in [0.15, 0.2) is 4.90 Å². The van der Waals surface area contributed by atoms with E-state index in [1.54, 1.807) is 0 Å². The second-order valence-corrected chi connectivity index (χ2v) is 5.74. The lowest BCUT2D eigenvalue weighted by Crippen LogP contribution is -2.56. The lowest BCUT2D eigenvalue weighted by Gasteiger charge is -2.28. The second-order valence-electron chi connectivity index (χ2n) is 4.12. The van der Waals surface area contributed by atoms with Gasteiger partial charge in [0.1, 0.15) is 10.4 Å². The molecule has 1 heterocycles. The van der Waals surface area contributed by atoms with Gasteiger partial charge in [0.25, 0.3) is 0 Å². The lowest BCUT2D eigenvalue weighted by atomic mass is 10.1. The Bertz CT molecular complexity index is 479. The molecule has 0 unspecified atom stereocenters. The van der Waals surface area contributed by atoms with Crippen LogP contribution >= 0.6 is 0 Å². The Hall–Kier alpha value is -1.00. The van der Waals surface area contributed by atoms with E-state index in [-0.39, 0.29) is 10.6 Å². The van der Waals surface area contributed by atoms with Crippen LogP contribution in [0.3, 0.4) is 0 Å². The standard InChI is InChI=1S/C9H17N3O5S/c1-6-8(7(2)11-10-6)18(16,17)12-9(3-13,4-14)5-15/h12-15H,3-5H2,1-2H3,(H,10,11). The Labute approximate surface area is 105 Å². The molecule has 8 nitrogen and oxygen atoms in total. The molecule has 104 valence electrons. The summed E-state index contributed by atoms with van der Waals surface area (Å²) in [5.41, 5.74) is -1.10. The van der Waals surface area contributed by atoms with Crippen molar-refractivity contribution in [2.75, 3.05) is 19.8 Å². The molecule has 1 aromatic heterocycles. The van der Waals surface area contributed by atoms with E-state index in [4.69, 9.17) is 15.3 Å². The summed E-state index contributed by atoms with van der Waals surface area (Å²) in [7, 11) is -4.00. The van der Waals surface area contributed by atoms with Crippen LogP contribution < -0.4 is 4.72 Å². The van der Waals surface area contributed by atoms with E-state index in [9.17, 15) is 8.42 Å². The number of aliphatic hydroxyl groups excluding tert-OH is 3. The quantitative estimate of drug-likeness (QED) is 0.409. The largest absolute Gasteiger partial charge is 0.394 e. The number of aromatic nitrogens is 2. The number of sulfonamides is 1. The molecule has 0 aliphatic heterocycles. The first-order chi connectivity index (χ1) is 8.32. The highest BCUT2D eigenvalue weighted by molar-refractivity contribution is 7.89. The SMILES string of the molecule is Cc1n[nH]c(C)c1S(=O)(=O)NC(CO)(CO)CO. The van der Waals surface area contributed by atoms with Crippen molar-refractivity contribution >= 4 is 10.0 Å². The molecular formula is C9H17N3O5S. The van der Waals surface area contributed by atoms with Crippen LogP contribution in [0.5, 0.6) is 0 Å². The number of nitrogens with one attached hydrogen (secondary N) is 2. The molecule has 1 rings (SSSR count). The van der Waals surface area contributed by atoms with Crippen molar-refractivity contribution in [1.29, 1.82) is 0 Å². The lowest BCUT2D eigenvalue weighted by molar-refractivity contribution is 0.0581. The summed E-state index contributed by atoms with van der Waals surface area (Å²) in [6, 6.07) is 0. The maximum atomic E-state index is 12.1. The first-order valence-corrected chi connectivity index (χ1v) is 6.68. The molecule has 0 aliphatic rings. The van der Waals surface area contributed by atoms with Gasteiger partial charge in [0.05, 0.1) is 31.2 Å². The highest BCUT2D eigenvalue weighted by Gasteiger charge is 2.35. The summed E-state index contributed by atoms with van der Waals surface area (Å²) in [4.78, 5) is -0.0535. The van der Waals surface area contributed by atoms with Gasteiger partial charge in [-0.1, -0.05) is 0 Å². The van der Waals surface area contributed by atoms with Gasteiger partial charge in [-0.15, -0.1) is 0 Å². The smallest absolute Gasteiger partial charge is 0.244 e. The maximum Gasteiger partial charge on any atom is 0.244 e. The van der Waals surface area contributed by atoms with Crippen LogP contribution in [0.1, 0.15) is 11.4 Å². The molecule has 0 amide bonds. The van der Waals surface area contributed by atoms with Crippen molar-refractivity contribution in [1.82, 2.24) is 14.9 Å². The van der Waals surface area contributed by atoms with Crippen molar-refractivity contribution in [2.45, 2.75) is 24.3 Å². The third kappa shape index (κ3) is 2.70. The summed E-state index contributed by atoms with van der Waals surface area (Å²) >= 11 is 0. The number of nitrogens with zero attached hydrogens (tertiary/aromatic N) is 1. The molecule has 18 heavy (non-hydrogen) atoms. The average molecular weight is 279 g/mol. The number of aromatic amines is 1. The van der Waals surface area contributed by atoms with Gasteiger partial charge in [-0.25, -0.2) is 8.42 Å². The molecular weight excluding hydrogens is 262 g/mol. The molecule has 0 spiro atoms. The summed E-state index contributed by atoms with van der Waals surface area (Å²) in [5, 5.41) is 33.6. The summed E-state index contributed by atoms with van der Waals surface area (Å²) in [6.07, 6.45) is 0. The Morgan fingerprint density at radius 1 is 1.22 bits per heavy atom. The van der Waals surface area contributed by atoms with E-state index in [0.29, 0.717) is 5.69 Å². The molecule has 0 bridgehead atoms. The Kier molecular flexibility index (Phi) is 4.46. The molecule has 0 aromatic carbocycles. The molecule has 5 N–H and O–H groups in total. The number of hydrogen-bond donors (Lipinski definition) is 5. The summed E-state index contributed by atoms with van der Waals surface area (Å²) in [6.45, 7) is 0.864. The number of hydrogen-bond acceptors (Lipinski definition) is 6. The Morgan fingerprint density at radius 3 is 2.06 bits per heavy atom. The van der Waals surface area contributed by atoms with Gasteiger partial charge in [-0.2, -0.15) is 9.82 Å². The maximum absolute atomic E-state index is 12.1. The zero-order valence-corrected chi connectivity index (χ0v) is 11.0. The minimum atomic E-state index is -4.00. The van der Waals surface area contributed by atoms with E-state index in [1.165, 1.54) is 13.8 Å². The zero-order valence-electron chi connectivity index (χ0n) is 10.1. The summed E-state index contributed by atoms with van der Waals surface area (Å²) in [5.74, 6) is 0. The molecule has 9 heteroatoms. The van der Waals surface area contributed by atoms with E-state index in [1.807, 2.05) is 0 Å². The topological polar surface area (TPSA) is 136 Å². The van der Waals surface area contributed by atoms with Gasteiger partial charge in [0.2, 0.25) is 10.0 Å². The number of aliphatic hydroxyl groups is 3. The minimum Gasteiger partial charge on any atom is -0.394 e. The van der Waals surface area contributed by atoms with Gasteiger partial charge >= 0.3 is 0 Å².